The van der Waals surface area contributed by atoms with Crippen molar-refractivity contribution < 1.29 is 4.79 Å². The summed E-state index contributed by atoms with van der Waals surface area (Å²) in [6, 6.07) is 23.6. The number of carbonyl (C=O) groups excluding carboxylic acids is 1. The summed E-state index contributed by atoms with van der Waals surface area (Å²) >= 11 is 5.13. The molecule has 4 heteroatoms. The molecule has 0 radical (unpaired) electrons. The summed E-state index contributed by atoms with van der Waals surface area (Å²) in [4.78, 5) is 14.5. The van der Waals surface area contributed by atoms with Gasteiger partial charge in [0.15, 0.2) is 0 Å². The Bertz CT molecular complexity index is 827. The summed E-state index contributed by atoms with van der Waals surface area (Å²) in [5.74, 6) is -0.0942. The molecule has 1 amide bonds. The monoisotopic (exact) mass is 397 g/mol. The van der Waals surface area contributed by atoms with Crippen molar-refractivity contribution in [1.29, 1.82) is 0 Å². The van der Waals surface area contributed by atoms with Gasteiger partial charge in [0.1, 0.15) is 0 Å². The minimum atomic E-state index is -0.0942. The molecule has 1 N–H and O–H groups in total. The predicted molar refractivity (Wildman–Crippen MR) is 104 cm³/mol. The number of aryl methyl sites for hydroxylation is 1. The fourth-order valence-corrected chi connectivity index (χ4v) is 3.23. The second kappa shape index (κ2) is 7.69. The average Bonchev–Trinajstić information content (AvgIpc) is 2.59. The maximum atomic E-state index is 12.2. The Morgan fingerprint density at radius 2 is 1.38 bits per heavy atom. The van der Waals surface area contributed by atoms with Crippen molar-refractivity contribution in [3.05, 3.63) is 88.4 Å². The van der Waals surface area contributed by atoms with Crippen molar-refractivity contribution in [2.75, 3.05) is 5.32 Å². The normalized spacial score (nSPS) is 10.4. The Hall–Kier alpha value is -2.04. The number of anilines is 1. The topological polar surface area (TPSA) is 29.1 Å². The Kier molecular flexibility index (Phi) is 5.38. The molecule has 3 rings (SSSR count). The Morgan fingerprint density at radius 3 is 1.96 bits per heavy atom. The summed E-state index contributed by atoms with van der Waals surface area (Å²) < 4.78 is 1.07. The lowest BCUT2D eigenvalue weighted by Crippen LogP contribution is -2.11. The first-order chi connectivity index (χ1) is 11.6. The van der Waals surface area contributed by atoms with Gasteiger partial charge in [0.2, 0.25) is 0 Å². The third kappa shape index (κ3) is 4.49. The van der Waals surface area contributed by atoms with Crippen molar-refractivity contribution in [2.45, 2.75) is 16.7 Å². The fraction of sp³-hybridized carbons (Fsp3) is 0.0500. The SMILES string of the molecule is Cc1ccc(C(=O)Nc2ccc(Sc3ccc(Br)cc3)cc2)cc1. The van der Waals surface area contributed by atoms with Gasteiger partial charge in [-0.1, -0.05) is 45.4 Å². The average molecular weight is 398 g/mol. The number of rotatable bonds is 4. The molecule has 0 aliphatic carbocycles. The highest BCUT2D eigenvalue weighted by molar-refractivity contribution is 9.10. The van der Waals surface area contributed by atoms with Crippen molar-refractivity contribution in [3.8, 4) is 0 Å². The molecular formula is C20H16BrNOS. The van der Waals surface area contributed by atoms with Crippen LogP contribution in [0.2, 0.25) is 0 Å². The second-order valence-corrected chi connectivity index (χ2v) is 7.46. The molecule has 0 bridgehead atoms. The Labute approximate surface area is 154 Å². The Balaban J connectivity index is 1.64. The summed E-state index contributed by atoms with van der Waals surface area (Å²) in [5, 5.41) is 2.92. The van der Waals surface area contributed by atoms with E-state index in [9.17, 15) is 4.79 Å². The van der Waals surface area contributed by atoms with Crippen LogP contribution in [-0.4, -0.2) is 5.91 Å². The third-order valence-electron chi connectivity index (χ3n) is 3.48. The van der Waals surface area contributed by atoms with E-state index >= 15 is 0 Å². The van der Waals surface area contributed by atoms with E-state index in [1.807, 2.05) is 67.6 Å². The zero-order chi connectivity index (χ0) is 16.9. The van der Waals surface area contributed by atoms with E-state index in [0.29, 0.717) is 5.56 Å². The smallest absolute Gasteiger partial charge is 0.255 e. The second-order valence-electron chi connectivity index (χ2n) is 5.40. The number of hydrogen-bond donors (Lipinski definition) is 1. The van der Waals surface area contributed by atoms with E-state index in [4.69, 9.17) is 0 Å². The molecular weight excluding hydrogens is 382 g/mol. The zero-order valence-electron chi connectivity index (χ0n) is 13.1. The first-order valence-corrected chi connectivity index (χ1v) is 9.12. The fourth-order valence-electron chi connectivity index (χ4n) is 2.15. The van der Waals surface area contributed by atoms with Crippen LogP contribution in [0, 0.1) is 6.92 Å². The highest BCUT2D eigenvalue weighted by atomic mass is 79.9. The summed E-state index contributed by atoms with van der Waals surface area (Å²) in [5.41, 5.74) is 2.59. The standard InChI is InChI=1S/C20H16BrNOS/c1-14-2-4-15(5-3-14)20(23)22-17-8-12-19(13-9-17)24-18-10-6-16(21)7-11-18/h2-13H,1H3,(H,22,23). The van der Waals surface area contributed by atoms with Gasteiger partial charge in [-0.05, 0) is 67.6 Å². The molecule has 0 saturated heterocycles. The Morgan fingerprint density at radius 1 is 0.833 bits per heavy atom. The van der Waals surface area contributed by atoms with E-state index in [1.165, 1.54) is 4.90 Å². The van der Waals surface area contributed by atoms with Gasteiger partial charge in [0.25, 0.3) is 5.91 Å². The molecule has 2 nitrogen and oxygen atoms in total. The number of nitrogens with one attached hydrogen (secondary N) is 1. The summed E-state index contributed by atoms with van der Waals surface area (Å²) in [6.45, 7) is 2.00. The van der Waals surface area contributed by atoms with Crippen LogP contribution in [0.25, 0.3) is 0 Å². The molecule has 24 heavy (non-hydrogen) atoms. The number of halogens is 1. The number of hydrogen-bond acceptors (Lipinski definition) is 2. The molecule has 0 aromatic heterocycles. The number of carbonyl (C=O) groups is 1. The summed E-state index contributed by atoms with van der Waals surface area (Å²) in [7, 11) is 0. The largest absolute Gasteiger partial charge is 0.322 e. The van der Waals surface area contributed by atoms with E-state index in [1.54, 1.807) is 11.8 Å². The highest BCUT2D eigenvalue weighted by Gasteiger charge is 2.06. The van der Waals surface area contributed by atoms with Gasteiger partial charge in [-0.15, -0.1) is 0 Å². The van der Waals surface area contributed by atoms with Crippen molar-refractivity contribution in [3.63, 3.8) is 0 Å². The lowest BCUT2D eigenvalue weighted by Gasteiger charge is -2.07. The molecule has 3 aromatic rings. The van der Waals surface area contributed by atoms with Crippen LogP contribution >= 0.6 is 27.7 Å². The highest BCUT2D eigenvalue weighted by Crippen LogP contribution is 2.29. The molecule has 3 aromatic carbocycles. The van der Waals surface area contributed by atoms with Crippen LogP contribution < -0.4 is 5.32 Å². The predicted octanol–water partition coefficient (Wildman–Crippen LogP) is 6.16. The minimum Gasteiger partial charge on any atom is -0.322 e. The first kappa shape index (κ1) is 16.8. The molecule has 0 fully saturated rings. The summed E-state index contributed by atoms with van der Waals surface area (Å²) in [6.07, 6.45) is 0. The molecule has 0 aliphatic rings. The van der Waals surface area contributed by atoms with Crippen LogP contribution in [0.3, 0.4) is 0 Å². The van der Waals surface area contributed by atoms with E-state index < -0.39 is 0 Å². The lowest BCUT2D eigenvalue weighted by molar-refractivity contribution is 0.102. The first-order valence-electron chi connectivity index (χ1n) is 7.52. The van der Waals surface area contributed by atoms with Gasteiger partial charge in [-0.3, -0.25) is 4.79 Å². The number of amides is 1. The third-order valence-corrected chi connectivity index (χ3v) is 5.02. The molecule has 0 spiro atoms. The zero-order valence-corrected chi connectivity index (χ0v) is 15.5. The van der Waals surface area contributed by atoms with Gasteiger partial charge in [0, 0.05) is 25.5 Å². The molecule has 0 heterocycles. The quantitative estimate of drug-likeness (QED) is 0.570. The minimum absolute atomic E-state index is 0.0942. The maximum Gasteiger partial charge on any atom is 0.255 e. The van der Waals surface area contributed by atoms with Gasteiger partial charge in [-0.25, -0.2) is 0 Å². The number of benzene rings is 3. The maximum absolute atomic E-state index is 12.2. The van der Waals surface area contributed by atoms with E-state index in [0.717, 1.165) is 20.6 Å². The molecule has 0 saturated carbocycles. The van der Waals surface area contributed by atoms with E-state index in [2.05, 4.69) is 33.4 Å². The van der Waals surface area contributed by atoms with Gasteiger partial charge < -0.3 is 5.32 Å². The molecule has 0 atom stereocenters. The van der Waals surface area contributed by atoms with Crippen molar-refractivity contribution in [2.24, 2.45) is 0 Å². The lowest BCUT2D eigenvalue weighted by atomic mass is 10.1. The molecule has 0 aliphatic heterocycles. The van der Waals surface area contributed by atoms with Gasteiger partial charge in [-0.2, -0.15) is 0 Å². The molecule has 120 valence electrons. The van der Waals surface area contributed by atoms with Crippen LogP contribution in [-0.2, 0) is 0 Å². The van der Waals surface area contributed by atoms with Crippen LogP contribution in [0.1, 0.15) is 15.9 Å². The van der Waals surface area contributed by atoms with Crippen LogP contribution in [0.15, 0.2) is 87.1 Å². The molecule has 0 unspecified atom stereocenters. The van der Waals surface area contributed by atoms with Crippen LogP contribution in [0.5, 0.6) is 0 Å². The van der Waals surface area contributed by atoms with Crippen molar-refractivity contribution in [1.82, 2.24) is 0 Å². The van der Waals surface area contributed by atoms with E-state index in [-0.39, 0.29) is 5.91 Å². The van der Waals surface area contributed by atoms with Crippen LogP contribution in [0.4, 0.5) is 5.69 Å². The van der Waals surface area contributed by atoms with Gasteiger partial charge in [0.05, 0.1) is 0 Å². The van der Waals surface area contributed by atoms with Crippen molar-refractivity contribution >= 4 is 39.3 Å². The van der Waals surface area contributed by atoms with Gasteiger partial charge >= 0.3 is 0 Å².